The van der Waals surface area contributed by atoms with E-state index in [4.69, 9.17) is 17.0 Å². The zero-order valence-corrected chi connectivity index (χ0v) is 11.2. The Kier molecular flexibility index (Phi) is 4.17. The van der Waals surface area contributed by atoms with E-state index in [9.17, 15) is 0 Å². The third-order valence-electron chi connectivity index (χ3n) is 1.72. The van der Waals surface area contributed by atoms with Gasteiger partial charge in [-0.1, -0.05) is 33.0 Å². The molecule has 15 heavy (non-hydrogen) atoms. The number of hydrogen-bond acceptors (Lipinski definition) is 3. The molecule has 0 fully saturated rings. The predicted octanol–water partition coefficient (Wildman–Crippen LogP) is 3.90. The van der Waals surface area contributed by atoms with Gasteiger partial charge >= 0.3 is 0 Å². The Morgan fingerprint density at radius 2 is 1.73 bits per heavy atom. The van der Waals surface area contributed by atoms with Gasteiger partial charge in [0.2, 0.25) is 0 Å². The zero-order chi connectivity index (χ0) is 11.5. The summed E-state index contributed by atoms with van der Waals surface area (Å²) < 4.78 is 6.20. The SMILES string of the molecule is COc1ccc(C(=S)SC(C)(C)C)cc1. The van der Waals surface area contributed by atoms with Crippen LogP contribution in [0.4, 0.5) is 0 Å². The lowest BCUT2D eigenvalue weighted by Gasteiger charge is -2.18. The maximum Gasteiger partial charge on any atom is 0.118 e. The van der Waals surface area contributed by atoms with Crippen molar-refractivity contribution < 1.29 is 4.74 Å². The smallest absolute Gasteiger partial charge is 0.118 e. The molecule has 1 nitrogen and oxygen atoms in total. The molecule has 0 atom stereocenters. The number of methoxy groups -OCH3 is 1. The van der Waals surface area contributed by atoms with Gasteiger partial charge in [0, 0.05) is 4.75 Å². The van der Waals surface area contributed by atoms with Crippen LogP contribution >= 0.6 is 24.0 Å². The van der Waals surface area contributed by atoms with Gasteiger partial charge in [0.25, 0.3) is 0 Å². The lowest BCUT2D eigenvalue weighted by atomic mass is 10.2. The van der Waals surface area contributed by atoms with E-state index in [1.165, 1.54) is 0 Å². The van der Waals surface area contributed by atoms with E-state index in [1.54, 1.807) is 18.9 Å². The summed E-state index contributed by atoms with van der Waals surface area (Å²) in [7, 11) is 1.66. The predicted molar refractivity (Wildman–Crippen MR) is 72.0 cm³/mol. The van der Waals surface area contributed by atoms with Crippen LogP contribution in [-0.2, 0) is 0 Å². The second-order valence-corrected chi connectivity index (χ2v) is 6.73. The van der Waals surface area contributed by atoms with Crippen LogP contribution in [0.3, 0.4) is 0 Å². The van der Waals surface area contributed by atoms with Gasteiger partial charge in [0.15, 0.2) is 0 Å². The van der Waals surface area contributed by atoms with Gasteiger partial charge < -0.3 is 4.74 Å². The summed E-state index contributed by atoms with van der Waals surface area (Å²) in [6, 6.07) is 7.87. The van der Waals surface area contributed by atoms with Crippen LogP contribution in [0.25, 0.3) is 0 Å². The maximum absolute atomic E-state index is 5.37. The van der Waals surface area contributed by atoms with Gasteiger partial charge in [-0.2, -0.15) is 0 Å². The highest BCUT2D eigenvalue weighted by Crippen LogP contribution is 2.28. The van der Waals surface area contributed by atoms with Crippen molar-refractivity contribution in [1.29, 1.82) is 0 Å². The van der Waals surface area contributed by atoms with Crippen LogP contribution < -0.4 is 4.74 Å². The van der Waals surface area contributed by atoms with Gasteiger partial charge in [-0.3, -0.25) is 0 Å². The van der Waals surface area contributed by atoms with Crippen molar-refractivity contribution >= 4 is 28.2 Å². The van der Waals surface area contributed by atoms with Crippen molar-refractivity contribution in [1.82, 2.24) is 0 Å². The molecule has 1 aromatic carbocycles. The Hall–Kier alpha value is -0.540. The quantitative estimate of drug-likeness (QED) is 0.726. The number of thiocarbonyl (C=S) groups is 1. The van der Waals surface area contributed by atoms with Crippen molar-refractivity contribution in [3.05, 3.63) is 29.8 Å². The van der Waals surface area contributed by atoms with E-state index in [0.29, 0.717) is 0 Å². The Labute approximate surface area is 101 Å². The van der Waals surface area contributed by atoms with Crippen molar-refractivity contribution in [3.63, 3.8) is 0 Å². The first-order valence-electron chi connectivity index (χ1n) is 4.80. The summed E-state index contributed by atoms with van der Waals surface area (Å²) in [6.07, 6.45) is 0. The Bertz CT molecular complexity index is 336. The number of benzene rings is 1. The monoisotopic (exact) mass is 240 g/mol. The molecule has 0 bridgehead atoms. The van der Waals surface area contributed by atoms with Gasteiger partial charge in [0.05, 0.1) is 11.3 Å². The highest BCUT2D eigenvalue weighted by atomic mass is 32.2. The van der Waals surface area contributed by atoms with Gasteiger partial charge in [0.1, 0.15) is 5.75 Å². The highest BCUT2D eigenvalue weighted by Gasteiger charge is 2.14. The van der Waals surface area contributed by atoms with Crippen LogP contribution in [0.5, 0.6) is 5.75 Å². The molecule has 0 aliphatic carbocycles. The molecule has 3 heteroatoms. The Morgan fingerprint density at radius 1 is 1.20 bits per heavy atom. The van der Waals surface area contributed by atoms with E-state index in [1.807, 2.05) is 24.3 Å². The van der Waals surface area contributed by atoms with E-state index < -0.39 is 0 Å². The minimum atomic E-state index is 0.164. The summed E-state index contributed by atoms with van der Waals surface area (Å²) in [4.78, 5) is 0. The molecule has 0 spiro atoms. The molecule has 0 aromatic heterocycles. The number of ether oxygens (including phenoxy) is 1. The minimum Gasteiger partial charge on any atom is -0.497 e. The molecule has 0 saturated heterocycles. The van der Waals surface area contributed by atoms with Crippen molar-refractivity contribution in [2.24, 2.45) is 0 Å². The molecule has 0 saturated carbocycles. The number of hydrogen-bond donors (Lipinski definition) is 0. The fourth-order valence-corrected chi connectivity index (χ4v) is 2.76. The first kappa shape index (κ1) is 12.5. The third-order valence-corrected chi connectivity index (χ3v) is 3.24. The lowest BCUT2D eigenvalue weighted by molar-refractivity contribution is 0.415. The summed E-state index contributed by atoms with van der Waals surface area (Å²) in [5.41, 5.74) is 1.09. The third kappa shape index (κ3) is 4.22. The van der Waals surface area contributed by atoms with E-state index in [0.717, 1.165) is 15.5 Å². The normalized spacial score (nSPS) is 11.2. The van der Waals surface area contributed by atoms with Crippen LogP contribution in [0.15, 0.2) is 24.3 Å². The van der Waals surface area contributed by atoms with Crippen LogP contribution in [0, 0.1) is 0 Å². The molecule has 1 rings (SSSR count). The first-order chi connectivity index (χ1) is 6.92. The second-order valence-electron chi connectivity index (χ2n) is 4.23. The van der Waals surface area contributed by atoms with Gasteiger partial charge in [-0.15, -0.1) is 11.8 Å². The molecular weight excluding hydrogens is 224 g/mol. The highest BCUT2D eigenvalue weighted by molar-refractivity contribution is 8.24. The first-order valence-corrected chi connectivity index (χ1v) is 6.02. The number of rotatable bonds is 2. The zero-order valence-electron chi connectivity index (χ0n) is 9.53. The standard InChI is InChI=1S/C12H16OS2/c1-12(2,3)15-11(14)9-5-7-10(13-4)8-6-9/h5-8H,1-4H3. The molecule has 0 aliphatic rings. The summed E-state index contributed by atoms with van der Waals surface area (Å²) >= 11 is 7.08. The van der Waals surface area contributed by atoms with Crippen LogP contribution in [0.1, 0.15) is 26.3 Å². The van der Waals surface area contributed by atoms with Gasteiger partial charge in [-0.25, -0.2) is 0 Å². The van der Waals surface area contributed by atoms with Crippen LogP contribution in [0.2, 0.25) is 0 Å². The second kappa shape index (κ2) is 4.99. The largest absolute Gasteiger partial charge is 0.497 e. The molecular formula is C12H16OS2. The summed E-state index contributed by atoms with van der Waals surface area (Å²) in [5, 5.41) is 0. The van der Waals surface area contributed by atoms with Crippen LogP contribution in [-0.4, -0.2) is 16.1 Å². The van der Waals surface area contributed by atoms with Gasteiger partial charge in [-0.05, 0) is 29.8 Å². The van der Waals surface area contributed by atoms with E-state index in [-0.39, 0.29) is 4.75 Å². The molecule has 82 valence electrons. The number of thioether (sulfide) groups is 1. The Morgan fingerprint density at radius 3 is 2.13 bits per heavy atom. The summed E-state index contributed by atoms with van der Waals surface area (Å²) in [5.74, 6) is 0.863. The molecule has 1 aromatic rings. The van der Waals surface area contributed by atoms with Crippen molar-refractivity contribution in [3.8, 4) is 5.75 Å². The summed E-state index contributed by atoms with van der Waals surface area (Å²) in [6.45, 7) is 6.48. The Balaban J connectivity index is 2.75. The lowest BCUT2D eigenvalue weighted by Crippen LogP contribution is -2.11. The van der Waals surface area contributed by atoms with Crippen molar-refractivity contribution in [2.45, 2.75) is 25.5 Å². The van der Waals surface area contributed by atoms with E-state index >= 15 is 0 Å². The van der Waals surface area contributed by atoms with Crippen molar-refractivity contribution in [2.75, 3.05) is 7.11 Å². The molecule has 0 unspecified atom stereocenters. The molecule has 0 N–H and O–H groups in total. The topological polar surface area (TPSA) is 9.23 Å². The molecule has 0 aliphatic heterocycles. The fourth-order valence-electron chi connectivity index (χ4n) is 1.06. The minimum absolute atomic E-state index is 0.164. The van der Waals surface area contributed by atoms with E-state index in [2.05, 4.69) is 20.8 Å². The average Bonchev–Trinajstić information content (AvgIpc) is 2.15. The molecule has 0 amide bonds. The molecule has 0 heterocycles. The maximum atomic E-state index is 5.37. The average molecular weight is 240 g/mol. The fraction of sp³-hybridized carbons (Fsp3) is 0.417. The molecule has 0 radical (unpaired) electrons.